The quantitative estimate of drug-likeness (QED) is 0.772. The van der Waals surface area contributed by atoms with Crippen molar-refractivity contribution in [3.05, 3.63) is 0 Å². The smallest absolute Gasteiger partial charge is 0.407 e. The standard InChI is InChI=1S/C10H19NO2S/c1-10(2,3)13-9(12)11-7-8-5-4-6-14-8/h8H,4-7H2,1-3H3,(H,11,12)/t8-/m0/s1. The molecular formula is C10H19NO2S. The third-order valence-corrected chi connectivity index (χ3v) is 3.30. The number of alkyl carbamates (subject to hydrolysis) is 1. The first-order valence-corrected chi connectivity index (χ1v) is 6.11. The molecule has 1 aliphatic rings. The number of nitrogens with one attached hydrogen (secondary N) is 1. The van der Waals surface area contributed by atoms with E-state index in [1.165, 1.54) is 18.6 Å². The molecule has 0 saturated carbocycles. The van der Waals surface area contributed by atoms with Gasteiger partial charge in [0.05, 0.1) is 0 Å². The average Bonchev–Trinajstić information content (AvgIpc) is 2.49. The zero-order valence-corrected chi connectivity index (χ0v) is 9.95. The van der Waals surface area contributed by atoms with Crippen molar-refractivity contribution >= 4 is 17.9 Å². The highest BCUT2D eigenvalue weighted by Gasteiger charge is 2.19. The fourth-order valence-corrected chi connectivity index (χ4v) is 2.52. The fourth-order valence-electron chi connectivity index (χ4n) is 1.32. The molecule has 1 heterocycles. The van der Waals surface area contributed by atoms with Gasteiger partial charge in [0.25, 0.3) is 0 Å². The van der Waals surface area contributed by atoms with Gasteiger partial charge in [-0.1, -0.05) is 0 Å². The molecule has 0 aromatic carbocycles. The van der Waals surface area contributed by atoms with Crippen molar-refractivity contribution in [3.8, 4) is 0 Å². The summed E-state index contributed by atoms with van der Waals surface area (Å²) in [5.74, 6) is 1.22. The lowest BCUT2D eigenvalue weighted by atomic mass is 10.2. The molecule has 0 unspecified atom stereocenters. The van der Waals surface area contributed by atoms with Crippen molar-refractivity contribution in [1.29, 1.82) is 0 Å². The Kier molecular flexibility index (Phi) is 4.11. The van der Waals surface area contributed by atoms with Gasteiger partial charge in [-0.2, -0.15) is 11.8 Å². The van der Waals surface area contributed by atoms with Gasteiger partial charge >= 0.3 is 6.09 Å². The Morgan fingerprint density at radius 2 is 2.29 bits per heavy atom. The predicted octanol–water partition coefficient (Wildman–Crippen LogP) is 2.41. The SMILES string of the molecule is CC(C)(C)OC(=O)NC[C@@H]1CCCS1. The Balaban J connectivity index is 2.14. The maximum Gasteiger partial charge on any atom is 0.407 e. The topological polar surface area (TPSA) is 38.3 Å². The van der Waals surface area contributed by atoms with Crippen molar-refractivity contribution in [2.75, 3.05) is 12.3 Å². The van der Waals surface area contributed by atoms with E-state index in [0.29, 0.717) is 5.25 Å². The third-order valence-electron chi connectivity index (χ3n) is 1.90. The summed E-state index contributed by atoms with van der Waals surface area (Å²) < 4.78 is 5.14. The molecule has 1 N–H and O–H groups in total. The Morgan fingerprint density at radius 3 is 2.79 bits per heavy atom. The van der Waals surface area contributed by atoms with E-state index in [1.807, 2.05) is 32.5 Å². The molecule has 4 heteroatoms. The molecule has 0 spiro atoms. The summed E-state index contributed by atoms with van der Waals surface area (Å²) in [6.45, 7) is 6.35. The lowest BCUT2D eigenvalue weighted by molar-refractivity contribution is 0.0528. The minimum Gasteiger partial charge on any atom is -0.444 e. The van der Waals surface area contributed by atoms with E-state index in [9.17, 15) is 4.79 Å². The number of carbonyl (C=O) groups is 1. The molecule has 0 aromatic heterocycles. The molecule has 1 saturated heterocycles. The average molecular weight is 217 g/mol. The first-order chi connectivity index (χ1) is 6.47. The Bertz CT molecular complexity index is 195. The second-order valence-corrected chi connectivity index (χ2v) is 5.93. The molecule has 0 bridgehead atoms. The molecule has 1 amide bonds. The van der Waals surface area contributed by atoms with Gasteiger partial charge in [-0.05, 0) is 39.4 Å². The Morgan fingerprint density at radius 1 is 1.57 bits per heavy atom. The lowest BCUT2D eigenvalue weighted by Crippen LogP contribution is -2.35. The van der Waals surface area contributed by atoms with E-state index >= 15 is 0 Å². The maximum absolute atomic E-state index is 11.3. The monoisotopic (exact) mass is 217 g/mol. The first kappa shape index (κ1) is 11.7. The highest BCUT2D eigenvalue weighted by molar-refractivity contribution is 8.00. The van der Waals surface area contributed by atoms with Crippen LogP contribution in [0.3, 0.4) is 0 Å². The van der Waals surface area contributed by atoms with Gasteiger partial charge in [0.15, 0.2) is 0 Å². The van der Waals surface area contributed by atoms with E-state index in [1.54, 1.807) is 0 Å². The van der Waals surface area contributed by atoms with Gasteiger partial charge in [0.2, 0.25) is 0 Å². The summed E-state index contributed by atoms with van der Waals surface area (Å²) in [5.41, 5.74) is -0.396. The lowest BCUT2D eigenvalue weighted by Gasteiger charge is -2.20. The van der Waals surface area contributed by atoms with Crippen molar-refractivity contribution in [2.45, 2.75) is 44.5 Å². The normalized spacial score (nSPS) is 22.1. The van der Waals surface area contributed by atoms with E-state index in [-0.39, 0.29) is 6.09 Å². The molecule has 0 radical (unpaired) electrons. The number of thioether (sulfide) groups is 1. The van der Waals surface area contributed by atoms with Gasteiger partial charge in [0.1, 0.15) is 5.60 Å². The molecule has 82 valence electrons. The van der Waals surface area contributed by atoms with E-state index < -0.39 is 5.60 Å². The fraction of sp³-hybridized carbons (Fsp3) is 0.900. The van der Waals surface area contributed by atoms with Crippen LogP contribution >= 0.6 is 11.8 Å². The summed E-state index contributed by atoms with van der Waals surface area (Å²) >= 11 is 1.93. The summed E-state index contributed by atoms with van der Waals surface area (Å²) in [6, 6.07) is 0. The van der Waals surface area contributed by atoms with Gasteiger partial charge in [-0.3, -0.25) is 0 Å². The number of amides is 1. The molecule has 1 aliphatic heterocycles. The van der Waals surface area contributed by atoms with Crippen LogP contribution in [0.2, 0.25) is 0 Å². The van der Waals surface area contributed by atoms with Crippen LogP contribution in [0, 0.1) is 0 Å². The Labute approximate surface area is 90.0 Å². The zero-order chi connectivity index (χ0) is 10.6. The van der Waals surface area contributed by atoms with E-state index in [2.05, 4.69) is 5.32 Å². The van der Waals surface area contributed by atoms with Gasteiger partial charge in [0, 0.05) is 11.8 Å². The molecule has 0 aliphatic carbocycles. The summed E-state index contributed by atoms with van der Waals surface area (Å²) in [5, 5.41) is 3.38. The minimum atomic E-state index is -0.396. The number of ether oxygens (including phenoxy) is 1. The van der Waals surface area contributed by atoms with Gasteiger partial charge < -0.3 is 10.1 Å². The third kappa shape index (κ3) is 4.74. The van der Waals surface area contributed by atoms with Crippen LogP contribution in [-0.4, -0.2) is 29.2 Å². The molecule has 14 heavy (non-hydrogen) atoms. The number of hydrogen-bond acceptors (Lipinski definition) is 3. The molecule has 3 nitrogen and oxygen atoms in total. The second-order valence-electron chi connectivity index (χ2n) is 4.52. The predicted molar refractivity (Wildman–Crippen MR) is 59.7 cm³/mol. The van der Waals surface area contributed by atoms with Crippen molar-refractivity contribution in [3.63, 3.8) is 0 Å². The highest BCUT2D eigenvalue weighted by Crippen LogP contribution is 2.25. The van der Waals surface area contributed by atoms with E-state index in [4.69, 9.17) is 4.74 Å². The molecule has 1 fully saturated rings. The van der Waals surface area contributed by atoms with Crippen LogP contribution in [0.25, 0.3) is 0 Å². The minimum absolute atomic E-state index is 0.301. The summed E-state index contributed by atoms with van der Waals surface area (Å²) in [6.07, 6.45) is 2.18. The maximum atomic E-state index is 11.3. The van der Waals surface area contributed by atoms with Crippen LogP contribution in [0.5, 0.6) is 0 Å². The molecular weight excluding hydrogens is 198 g/mol. The summed E-state index contributed by atoms with van der Waals surface area (Å²) in [7, 11) is 0. The van der Waals surface area contributed by atoms with Crippen LogP contribution in [-0.2, 0) is 4.74 Å². The van der Waals surface area contributed by atoms with Gasteiger partial charge in [-0.15, -0.1) is 0 Å². The van der Waals surface area contributed by atoms with Crippen molar-refractivity contribution in [1.82, 2.24) is 5.32 Å². The zero-order valence-electron chi connectivity index (χ0n) is 9.13. The number of hydrogen-bond donors (Lipinski definition) is 1. The van der Waals surface area contributed by atoms with E-state index in [0.717, 1.165) is 6.54 Å². The van der Waals surface area contributed by atoms with Crippen LogP contribution in [0.4, 0.5) is 4.79 Å². The summed E-state index contributed by atoms with van der Waals surface area (Å²) in [4.78, 5) is 11.3. The van der Waals surface area contributed by atoms with Gasteiger partial charge in [-0.25, -0.2) is 4.79 Å². The largest absolute Gasteiger partial charge is 0.444 e. The van der Waals surface area contributed by atoms with Crippen LogP contribution in [0.1, 0.15) is 33.6 Å². The number of rotatable bonds is 2. The van der Waals surface area contributed by atoms with Crippen LogP contribution in [0.15, 0.2) is 0 Å². The molecule has 1 rings (SSSR count). The second kappa shape index (κ2) is 4.91. The number of carbonyl (C=O) groups excluding carboxylic acids is 1. The molecule has 1 atom stereocenters. The molecule has 0 aromatic rings. The van der Waals surface area contributed by atoms with Crippen LogP contribution < -0.4 is 5.32 Å². The van der Waals surface area contributed by atoms with Crippen molar-refractivity contribution in [2.24, 2.45) is 0 Å². The van der Waals surface area contributed by atoms with Crippen molar-refractivity contribution < 1.29 is 9.53 Å². The Hall–Kier alpha value is -0.380. The highest BCUT2D eigenvalue weighted by atomic mass is 32.2. The first-order valence-electron chi connectivity index (χ1n) is 5.06.